The van der Waals surface area contributed by atoms with E-state index >= 15 is 0 Å². The second-order valence-corrected chi connectivity index (χ2v) is 5.04. The number of hydrogen-bond acceptors (Lipinski definition) is 7. The number of H-pyrrole nitrogens is 1. The van der Waals surface area contributed by atoms with Gasteiger partial charge in [-0.3, -0.25) is 14.6 Å². The number of hydrogen-bond donors (Lipinski definition) is 3. The monoisotopic (exact) mass is 355 g/mol. The number of carbonyl (C=O) groups excluding carboxylic acids is 1. The molecule has 0 saturated carbocycles. The predicted molar refractivity (Wildman–Crippen MR) is 90.9 cm³/mol. The van der Waals surface area contributed by atoms with Crippen LogP contribution < -0.4 is 21.3 Å². The highest BCUT2D eigenvalue weighted by Crippen LogP contribution is 2.21. The van der Waals surface area contributed by atoms with Crippen molar-refractivity contribution >= 4 is 11.7 Å². The fourth-order valence-corrected chi connectivity index (χ4v) is 2.21. The van der Waals surface area contributed by atoms with Gasteiger partial charge < -0.3 is 15.2 Å². The molecular weight excluding hydrogens is 342 g/mol. The summed E-state index contributed by atoms with van der Waals surface area (Å²) < 4.78 is 6.12. The van der Waals surface area contributed by atoms with E-state index in [1.807, 2.05) is 0 Å². The lowest BCUT2D eigenvalue weighted by atomic mass is 10.3. The van der Waals surface area contributed by atoms with E-state index in [-0.39, 0.29) is 5.82 Å². The maximum absolute atomic E-state index is 12.4. The summed E-state index contributed by atoms with van der Waals surface area (Å²) in [6, 6.07) is 8.79. The summed E-state index contributed by atoms with van der Waals surface area (Å²) in [6.45, 7) is 0. The summed E-state index contributed by atoms with van der Waals surface area (Å²) in [5, 5.41) is 16.2. The molecule has 2 heterocycles. The molecule has 0 fully saturated rings. The zero-order valence-electron chi connectivity index (χ0n) is 13.5. The van der Waals surface area contributed by atoms with Gasteiger partial charge in [0.2, 0.25) is 0 Å². The Labute approximate surface area is 145 Å². The number of aromatic amines is 1. The second kappa shape index (κ2) is 6.89. The number of aromatic hydroxyl groups is 1. The molecular formula is C16H13N5O5. The molecule has 26 heavy (non-hydrogen) atoms. The Kier molecular flexibility index (Phi) is 4.48. The Morgan fingerprint density at radius 3 is 2.77 bits per heavy atom. The van der Waals surface area contributed by atoms with Crippen LogP contribution in [0, 0.1) is 0 Å². The summed E-state index contributed by atoms with van der Waals surface area (Å²) in [5.74, 6) is -1.01. The Balaban J connectivity index is 2.04. The second-order valence-electron chi connectivity index (χ2n) is 5.04. The molecule has 2 aromatic heterocycles. The van der Waals surface area contributed by atoms with Gasteiger partial charge in [-0.05, 0) is 18.2 Å². The Morgan fingerprint density at radius 2 is 2.04 bits per heavy atom. The summed E-state index contributed by atoms with van der Waals surface area (Å²) >= 11 is 0. The number of anilines is 1. The molecule has 0 radical (unpaired) electrons. The number of carbonyl (C=O) groups is 1. The number of aromatic nitrogens is 4. The van der Waals surface area contributed by atoms with Crippen LogP contribution in [-0.2, 0) is 0 Å². The molecule has 3 aromatic rings. The Morgan fingerprint density at radius 1 is 1.27 bits per heavy atom. The molecule has 10 heteroatoms. The molecule has 132 valence electrons. The molecule has 0 unspecified atom stereocenters. The van der Waals surface area contributed by atoms with Crippen molar-refractivity contribution in [2.24, 2.45) is 0 Å². The Hall–Kier alpha value is -3.95. The summed E-state index contributed by atoms with van der Waals surface area (Å²) in [4.78, 5) is 41.5. The van der Waals surface area contributed by atoms with Crippen molar-refractivity contribution < 1.29 is 14.6 Å². The summed E-state index contributed by atoms with van der Waals surface area (Å²) in [5.41, 5.74) is -1.42. The molecule has 0 saturated heterocycles. The number of nitrogens with zero attached hydrogens (tertiary/aromatic N) is 3. The van der Waals surface area contributed by atoms with Crippen LogP contribution in [0.4, 0.5) is 5.82 Å². The normalized spacial score (nSPS) is 10.3. The third-order valence-electron chi connectivity index (χ3n) is 3.36. The molecule has 10 nitrogen and oxygen atoms in total. The lowest BCUT2D eigenvalue weighted by molar-refractivity contribution is 0.101. The van der Waals surface area contributed by atoms with Crippen molar-refractivity contribution in [3.05, 3.63) is 69.1 Å². The van der Waals surface area contributed by atoms with Gasteiger partial charge in [-0.25, -0.2) is 9.78 Å². The lowest BCUT2D eigenvalue weighted by Crippen LogP contribution is -2.26. The molecule has 1 aromatic carbocycles. The van der Waals surface area contributed by atoms with Gasteiger partial charge in [0.05, 0.1) is 7.11 Å². The number of rotatable bonds is 4. The van der Waals surface area contributed by atoms with E-state index in [0.717, 1.165) is 10.7 Å². The number of ether oxygens (including phenoxy) is 1. The topological polar surface area (TPSA) is 139 Å². The minimum Gasteiger partial charge on any atom is -0.505 e. The minimum atomic E-state index is -0.826. The van der Waals surface area contributed by atoms with Crippen molar-refractivity contribution in [1.29, 1.82) is 0 Å². The summed E-state index contributed by atoms with van der Waals surface area (Å²) in [6.07, 6.45) is 1.21. The van der Waals surface area contributed by atoms with E-state index in [1.54, 1.807) is 24.3 Å². The van der Waals surface area contributed by atoms with Crippen LogP contribution in [0.25, 0.3) is 5.69 Å². The Bertz CT molecular complexity index is 1090. The molecule has 3 N–H and O–H groups in total. The van der Waals surface area contributed by atoms with Crippen LogP contribution in [0.2, 0.25) is 0 Å². The zero-order valence-corrected chi connectivity index (χ0v) is 13.5. The van der Waals surface area contributed by atoms with Crippen molar-refractivity contribution in [3.63, 3.8) is 0 Å². The average Bonchev–Trinajstić information content (AvgIpc) is 2.61. The molecule has 1 amide bonds. The van der Waals surface area contributed by atoms with Crippen LogP contribution in [0.1, 0.15) is 10.5 Å². The minimum absolute atomic E-state index is 0.0613. The van der Waals surface area contributed by atoms with Crippen molar-refractivity contribution in [2.45, 2.75) is 0 Å². The van der Waals surface area contributed by atoms with E-state index < -0.39 is 28.6 Å². The van der Waals surface area contributed by atoms with Gasteiger partial charge in [-0.1, -0.05) is 12.1 Å². The molecule has 0 aliphatic rings. The quantitative estimate of drug-likeness (QED) is 0.611. The predicted octanol–water partition coefficient (Wildman–Crippen LogP) is 0.282. The van der Waals surface area contributed by atoms with Crippen LogP contribution in [0.5, 0.6) is 11.5 Å². The van der Waals surface area contributed by atoms with E-state index in [2.05, 4.69) is 20.4 Å². The molecule has 0 aliphatic heterocycles. The molecule has 0 aliphatic carbocycles. The smallest absolute Gasteiger partial charge is 0.346 e. The van der Waals surface area contributed by atoms with Gasteiger partial charge in [0.15, 0.2) is 11.4 Å². The average molecular weight is 355 g/mol. The third kappa shape index (κ3) is 3.29. The standard InChI is InChI=1S/C16H13N5O5/c1-26-11-5-3-2-4-9(11)21-13(23)8-10(22)14(20-21)15(24)18-12-6-7-17-16(25)19-12/h2-8,22H,1H3,(H2,17,18,19,24,25). The van der Waals surface area contributed by atoms with Crippen LogP contribution in [0.3, 0.4) is 0 Å². The summed E-state index contributed by atoms with van der Waals surface area (Å²) in [7, 11) is 1.43. The fourth-order valence-electron chi connectivity index (χ4n) is 2.21. The van der Waals surface area contributed by atoms with Gasteiger partial charge in [-0.2, -0.15) is 9.78 Å². The molecule has 0 atom stereocenters. The highest BCUT2D eigenvalue weighted by molar-refractivity contribution is 6.03. The van der Waals surface area contributed by atoms with E-state index in [1.165, 1.54) is 19.4 Å². The maximum Gasteiger partial charge on any atom is 0.346 e. The number of methoxy groups -OCH3 is 1. The van der Waals surface area contributed by atoms with Crippen molar-refractivity contribution in [2.75, 3.05) is 12.4 Å². The first-order valence-corrected chi connectivity index (χ1v) is 7.33. The van der Waals surface area contributed by atoms with E-state index in [9.17, 15) is 19.5 Å². The van der Waals surface area contributed by atoms with Crippen LogP contribution in [0.15, 0.2) is 52.2 Å². The van der Waals surface area contributed by atoms with E-state index in [4.69, 9.17) is 4.74 Å². The third-order valence-corrected chi connectivity index (χ3v) is 3.36. The molecule has 0 spiro atoms. The van der Waals surface area contributed by atoms with Gasteiger partial charge in [-0.15, -0.1) is 0 Å². The molecule has 3 rings (SSSR count). The van der Waals surface area contributed by atoms with Crippen molar-refractivity contribution in [3.8, 4) is 17.2 Å². The number of para-hydroxylation sites is 2. The molecule has 0 bridgehead atoms. The zero-order chi connectivity index (χ0) is 18.7. The van der Waals surface area contributed by atoms with Crippen molar-refractivity contribution in [1.82, 2.24) is 19.7 Å². The lowest BCUT2D eigenvalue weighted by Gasteiger charge is -2.11. The number of benzene rings is 1. The first-order valence-electron chi connectivity index (χ1n) is 7.33. The highest BCUT2D eigenvalue weighted by atomic mass is 16.5. The van der Waals surface area contributed by atoms with Gasteiger partial charge >= 0.3 is 5.69 Å². The van der Waals surface area contributed by atoms with E-state index in [0.29, 0.717) is 11.4 Å². The van der Waals surface area contributed by atoms with Gasteiger partial charge in [0, 0.05) is 12.3 Å². The number of nitrogens with one attached hydrogen (secondary N) is 2. The number of amides is 1. The van der Waals surface area contributed by atoms with Crippen LogP contribution in [-0.4, -0.2) is 37.9 Å². The van der Waals surface area contributed by atoms with Gasteiger partial charge in [0.25, 0.3) is 11.5 Å². The SMILES string of the molecule is COc1ccccc1-n1nc(C(=O)Nc2ccnc(=O)[nH]2)c(O)cc1=O. The van der Waals surface area contributed by atoms with Gasteiger partial charge in [0.1, 0.15) is 17.3 Å². The first-order chi connectivity index (χ1) is 12.5. The largest absolute Gasteiger partial charge is 0.505 e. The first kappa shape index (κ1) is 16.9. The highest BCUT2D eigenvalue weighted by Gasteiger charge is 2.18. The van der Waals surface area contributed by atoms with Crippen LogP contribution >= 0.6 is 0 Å². The maximum atomic E-state index is 12.4. The fraction of sp³-hybridized carbons (Fsp3) is 0.0625.